The van der Waals surface area contributed by atoms with Crippen molar-refractivity contribution in [2.24, 2.45) is 0 Å². The van der Waals surface area contributed by atoms with E-state index < -0.39 is 17.2 Å². The first-order valence-corrected chi connectivity index (χ1v) is 16.0. The number of nitrogen functional groups attached to an aromatic ring is 1. The molecular weight excluding hydrogens is 596 g/mol. The summed E-state index contributed by atoms with van der Waals surface area (Å²) in [6, 6.07) is 4.69. The SMILES string of the molecule is Nc1nc2c(-c3c(Cl)cc4c(N5CC6CCC(CO)(C5)N6)nc(OCC56CCCN5CCC6)nc4c3F)ccc(F)c2s1. The van der Waals surface area contributed by atoms with Crippen molar-refractivity contribution in [1.29, 1.82) is 0 Å². The van der Waals surface area contributed by atoms with Gasteiger partial charge in [-0.25, -0.2) is 13.8 Å². The molecule has 2 aromatic heterocycles. The molecule has 226 valence electrons. The number of nitrogens with zero attached hydrogens (tertiary/aromatic N) is 5. The molecule has 13 heteroatoms. The molecule has 0 aliphatic carbocycles. The Morgan fingerprint density at radius 1 is 1.14 bits per heavy atom. The second-order valence-corrected chi connectivity index (χ2v) is 13.9. The summed E-state index contributed by atoms with van der Waals surface area (Å²) in [7, 11) is 0. The number of nitrogens with one attached hydrogen (secondary N) is 1. The molecule has 4 fully saturated rings. The van der Waals surface area contributed by atoms with Crippen molar-refractivity contribution in [1.82, 2.24) is 25.2 Å². The zero-order valence-electron chi connectivity index (χ0n) is 23.5. The molecule has 0 spiro atoms. The van der Waals surface area contributed by atoms with Gasteiger partial charge in [-0.05, 0) is 69.8 Å². The van der Waals surface area contributed by atoms with Crippen LogP contribution in [0.4, 0.5) is 19.7 Å². The highest BCUT2D eigenvalue weighted by Gasteiger charge is 2.46. The van der Waals surface area contributed by atoms with E-state index in [1.165, 1.54) is 12.1 Å². The number of anilines is 2. The predicted molar refractivity (Wildman–Crippen MR) is 164 cm³/mol. The molecule has 0 saturated carbocycles. The molecule has 9 nitrogen and oxygen atoms in total. The number of nitrogens with two attached hydrogens (primary N) is 1. The molecule has 43 heavy (non-hydrogen) atoms. The first-order chi connectivity index (χ1) is 20.8. The van der Waals surface area contributed by atoms with Gasteiger partial charge in [-0.2, -0.15) is 9.97 Å². The van der Waals surface area contributed by atoms with E-state index in [1.54, 1.807) is 6.07 Å². The quantitative estimate of drug-likeness (QED) is 0.279. The van der Waals surface area contributed by atoms with Gasteiger partial charge in [0.1, 0.15) is 23.8 Å². The molecule has 2 atom stereocenters. The molecule has 4 aromatic rings. The average molecular weight is 628 g/mol. The number of rotatable bonds is 6. The van der Waals surface area contributed by atoms with Gasteiger partial charge in [0.25, 0.3) is 0 Å². The molecule has 0 amide bonds. The van der Waals surface area contributed by atoms with E-state index in [0.29, 0.717) is 36.5 Å². The zero-order chi connectivity index (χ0) is 29.5. The first kappa shape index (κ1) is 27.6. The van der Waals surface area contributed by atoms with Crippen LogP contribution in [0.2, 0.25) is 5.02 Å². The minimum absolute atomic E-state index is 0.0126. The molecule has 2 unspecified atom stereocenters. The van der Waals surface area contributed by atoms with Crippen LogP contribution < -0.4 is 20.7 Å². The number of aliphatic hydroxyl groups is 1. The number of aromatic nitrogens is 3. The third-order valence-electron chi connectivity index (χ3n) is 9.92. The molecule has 0 radical (unpaired) electrons. The molecule has 2 bridgehead atoms. The maximum Gasteiger partial charge on any atom is 0.319 e. The zero-order valence-corrected chi connectivity index (χ0v) is 25.1. The van der Waals surface area contributed by atoms with Crippen molar-refractivity contribution < 1.29 is 18.6 Å². The van der Waals surface area contributed by atoms with Gasteiger partial charge in [-0.3, -0.25) is 4.90 Å². The molecule has 8 rings (SSSR count). The number of halogens is 3. The van der Waals surface area contributed by atoms with Crippen molar-refractivity contribution in [3.05, 3.63) is 34.9 Å². The third kappa shape index (κ3) is 4.36. The summed E-state index contributed by atoms with van der Waals surface area (Å²) in [5.74, 6) is -0.621. The molecule has 6 heterocycles. The van der Waals surface area contributed by atoms with Crippen molar-refractivity contribution in [3.63, 3.8) is 0 Å². The van der Waals surface area contributed by atoms with Gasteiger partial charge in [0.15, 0.2) is 10.9 Å². The lowest BCUT2D eigenvalue weighted by Gasteiger charge is -2.41. The Labute approximate surface area is 256 Å². The van der Waals surface area contributed by atoms with Gasteiger partial charge >= 0.3 is 6.01 Å². The summed E-state index contributed by atoms with van der Waals surface area (Å²) < 4.78 is 38.0. The van der Waals surface area contributed by atoms with Crippen molar-refractivity contribution in [2.45, 2.75) is 55.6 Å². The Morgan fingerprint density at radius 3 is 2.74 bits per heavy atom. The number of aliphatic hydroxyl groups excluding tert-OH is 1. The van der Waals surface area contributed by atoms with Crippen molar-refractivity contribution in [2.75, 3.05) is 50.0 Å². The Bertz CT molecular complexity index is 1760. The van der Waals surface area contributed by atoms with Crippen LogP contribution >= 0.6 is 22.9 Å². The fourth-order valence-electron chi connectivity index (χ4n) is 7.89. The highest BCUT2D eigenvalue weighted by molar-refractivity contribution is 7.22. The minimum Gasteiger partial charge on any atom is -0.461 e. The van der Waals surface area contributed by atoms with E-state index in [9.17, 15) is 9.50 Å². The highest BCUT2D eigenvalue weighted by atomic mass is 35.5. The Kier molecular flexibility index (Phi) is 6.47. The summed E-state index contributed by atoms with van der Waals surface area (Å²) in [6.07, 6.45) is 6.13. The first-order valence-electron chi connectivity index (χ1n) is 14.8. The van der Waals surface area contributed by atoms with Crippen molar-refractivity contribution in [3.8, 4) is 17.1 Å². The largest absolute Gasteiger partial charge is 0.461 e. The van der Waals surface area contributed by atoms with E-state index in [2.05, 4.69) is 25.1 Å². The number of benzene rings is 2. The lowest BCUT2D eigenvalue weighted by atomic mass is 9.95. The van der Waals surface area contributed by atoms with Crippen LogP contribution in [0, 0.1) is 11.6 Å². The third-order valence-corrected chi connectivity index (χ3v) is 11.1. The highest BCUT2D eigenvalue weighted by Crippen LogP contribution is 2.44. The lowest BCUT2D eigenvalue weighted by Crippen LogP contribution is -2.61. The number of ether oxygens (including phenoxy) is 1. The molecular formula is C30H32ClF2N7O2S. The van der Waals surface area contributed by atoms with E-state index in [0.717, 1.165) is 63.0 Å². The molecule has 2 aromatic carbocycles. The van der Waals surface area contributed by atoms with Crippen LogP contribution in [0.1, 0.15) is 38.5 Å². The number of fused-ring (bicyclic) bond motifs is 5. The van der Waals surface area contributed by atoms with Crippen LogP contribution in [-0.2, 0) is 0 Å². The van der Waals surface area contributed by atoms with Gasteiger partial charge in [-0.15, -0.1) is 0 Å². The fraction of sp³-hybridized carbons (Fsp3) is 0.500. The van der Waals surface area contributed by atoms with Gasteiger partial charge < -0.3 is 25.8 Å². The van der Waals surface area contributed by atoms with Crippen LogP contribution in [0.5, 0.6) is 6.01 Å². The van der Waals surface area contributed by atoms with Gasteiger partial charge in [0.05, 0.1) is 32.9 Å². The van der Waals surface area contributed by atoms with E-state index in [-0.39, 0.29) is 55.6 Å². The van der Waals surface area contributed by atoms with Crippen LogP contribution in [-0.4, -0.2) is 81.5 Å². The second kappa shape index (κ2) is 10.1. The summed E-state index contributed by atoms with van der Waals surface area (Å²) in [6.45, 7) is 3.68. The Hall–Kier alpha value is -2.90. The number of hydrogen-bond donors (Lipinski definition) is 3. The molecule has 4 aliphatic rings. The normalized spacial score (nSPS) is 24.8. The smallest absolute Gasteiger partial charge is 0.319 e. The summed E-state index contributed by atoms with van der Waals surface area (Å²) >= 11 is 7.82. The second-order valence-electron chi connectivity index (χ2n) is 12.5. The Balaban J connectivity index is 1.28. The molecule has 4 saturated heterocycles. The monoisotopic (exact) mass is 627 g/mol. The van der Waals surface area contributed by atoms with Crippen LogP contribution in [0.15, 0.2) is 18.2 Å². The molecule has 4 aliphatic heterocycles. The van der Waals surface area contributed by atoms with E-state index in [1.807, 2.05) is 0 Å². The van der Waals surface area contributed by atoms with Crippen LogP contribution in [0.25, 0.3) is 32.2 Å². The van der Waals surface area contributed by atoms with E-state index in [4.69, 9.17) is 27.1 Å². The summed E-state index contributed by atoms with van der Waals surface area (Å²) in [5, 5.41) is 14.6. The topological polar surface area (TPSA) is 113 Å². The standard InChI is InChI=1S/C30H32ClF2N7O2S/c31-19-11-18-23(22(33)21(19)17-3-4-20(32)25-24(17)35-27(34)43-25)36-28(42-15-30-6-1-9-40(30)10-2-7-30)37-26(18)39-12-16-5-8-29(13-39,14-41)38-16/h3-4,11,16,38,41H,1-2,5-10,12-15H2,(H2,34,35). The summed E-state index contributed by atoms with van der Waals surface area (Å²) in [4.78, 5) is 18.4. The Morgan fingerprint density at radius 2 is 1.95 bits per heavy atom. The van der Waals surface area contributed by atoms with E-state index >= 15 is 4.39 Å². The fourth-order valence-corrected chi connectivity index (χ4v) is 8.95. The average Bonchev–Trinajstić information content (AvgIpc) is 3.75. The van der Waals surface area contributed by atoms with Gasteiger partial charge in [0.2, 0.25) is 0 Å². The summed E-state index contributed by atoms with van der Waals surface area (Å²) in [5.41, 5.74) is 6.14. The number of hydrogen-bond acceptors (Lipinski definition) is 10. The van der Waals surface area contributed by atoms with Crippen molar-refractivity contribution >= 4 is 55.0 Å². The lowest BCUT2D eigenvalue weighted by molar-refractivity contribution is 0.107. The molecule has 4 N–H and O–H groups in total. The number of thiazole rings is 1. The minimum atomic E-state index is -0.660. The van der Waals surface area contributed by atoms with Gasteiger partial charge in [-0.1, -0.05) is 22.9 Å². The van der Waals surface area contributed by atoms with Crippen LogP contribution in [0.3, 0.4) is 0 Å². The number of piperazine rings is 1. The van der Waals surface area contributed by atoms with Gasteiger partial charge in [0, 0.05) is 35.6 Å². The predicted octanol–water partition coefficient (Wildman–Crippen LogP) is 4.73. The maximum absolute atomic E-state index is 16.8. The maximum atomic E-state index is 16.8.